The number of hydrogen-bond donors (Lipinski definition) is 0. The van der Waals surface area contributed by atoms with Crippen LogP contribution in [-0.4, -0.2) is 13.7 Å². The predicted octanol–water partition coefficient (Wildman–Crippen LogP) is 37.2. The molecule has 0 unspecified atom stereocenters. The van der Waals surface area contributed by atoms with Crippen LogP contribution in [0.2, 0.25) is 0 Å². The zero-order valence-corrected chi connectivity index (χ0v) is 75.0. The van der Waals surface area contributed by atoms with Crippen LogP contribution in [-0.2, 0) is 0 Å². The lowest BCUT2D eigenvalue weighted by molar-refractivity contribution is 0.669. The summed E-state index contributed by atoms with van der Waals surface area (Å²) in [6.07, 6.45) is 0. The summed E-state index contributed by atoms with van der Waals surface area (Å²) in [6, 6.07) is 164. The van der Waals surface area contributed by atoms with Gasteiger partial charge in [0.25, 0.3) is 0 Å². The monoisotopic (exact) mass is 1770 g/mol. The van der Waals surface area contributed by atoms with Gasteiger partial charge in [0, 0.05) is 101 Å². The second-order valence-electron chi connectivity index (χ2n) is 35.1. The smallest absolute Gasteiger partial charge is 0.143 e. The molecule has 30 aromatic rings. The van der Waals surface area contributed by atoms with E-state index >= 15 is 0 Å². The molecule has 6 nitrogen and oxygen atoms in total. The van der Waals surface area contributed by atoms with E-state index in [1.807, 2.05) is 34.0 Å². The van der Waals surface area contributed by atoms with Gasteiger partial charge in [0.2, 0.25) is 0 Å². The first-order valence-electron chi connectivity index (χ1n) is 45.8. The molecular weight excluding hydrogens is 1700 g/mol. The average Bonchev–Trinajstić information content (AvgIpc) is 1.56. The van der Waals surface area contributed by atoms with Gasteiger partial charge in [-0.1, -0.05) is 328 Å². The number of nitrogens with zero attached hydrogens (tertiary/aromatic N) is 3. The van der Waals surface area contributed by atoms with Gasteiger partial charge in [-0.05, 0) is 221 Å². The highest BCUT2D eigenvalue weighted by atomic mass is 32.1. The fourth-order valence-electron chi connectivity index (χ4n) is 21.5. The normalized spacial score (nSPS) is 12.0. The highest BCUT2D eigenvalue weighted by molar-refractivity contribution is 7.27. The van der Waals surface area contributed by atoms with Crippen LogP contribution in [0.3, 0.4) is 0 Å². The van der Waals surface area contributed by atoms with Gasteiger partial charge in [0.15, 0.2) is 0 Å². The third-order valence-corrected chi connectivity index (χ3v) is 31.1. The molecule has 9 heteroatoms. The lowest BCUT2D eigenvalue weighted by Gasteiger charge is -2.12. The van der Waals surface area contributed by atoms with Gasteiger partial charge >= 0.3 is 0 Å². The number of benzene rings is 21. The van der Waals surface area contributed by atoms with Crippen molar-refractivity contribution < 1.29 is 13.3 Å². The number of fused-ring (bicyclic) bond motifs is 29. The third-order valence-electron chi connectivity index (χ3n) is 27.6. The van der Waals surface area contributed by atoms with Gasteiger partial charge in [-0.3, -0.25) is 0 Å². The van der Waals surface area contributed by atoms with E-state index in [0.717, 1.165) is 76.9 Å². The van der Waals surface area contributed by atoms with Crippen LogP contribution < -0.4 is 0 Å². The molecular formula is C126H75N3O3S3. The van der Waals surface area contributed by atoms with E-state index < -0.39 is 0 Å². The van der Waals surface area contributed by atoms with E-state index in [9.17, 15) is 0 Å². The van der Waals surface area contributed by atoms with Gasteiger partial charge in [0.1, 0.15) is 33.5 Å². The Labute approximate surface area is 785 Å². The molecule has 0 radical (unpaired) electrons. The topological polar surface area (TPSA) is 54.2 Å². The van der Waals surface area contributed by atoms with Crippen LogP contribution in [0.15, 0.2) is 468 Å². The van der Waals surface area contributed by atoms with Crippen molar-refractivity contribution in [2.24, 2.45) is 0 Å². The summed E-state index contributed by atoms with van der Waals surface area (Å²) >= 11 is 5.66. The fraction of sp³-hybridized carbons (Fsp3) is 0. The van der Waals surface area contributed by atoms with Gasteiger partial charge < -0.3 is 27.0 Å². The van der Waals surface area contributed by atoms with Crippen molar-refractivity contribution in [2.45, 2.75) is 0 Å². The first-order chi connectivity index (χ1) is 66.9. The maximum absolute atomic E-state index is 6.54. The van der Waals surface area contributed by atoms with E-state index in [2.05, 4.69) is 469 Å². The Morgan fingerprint density at radius 2 is 0.504 bits per heavy atom. The Hall–Kier alpha value is -16.9. The van der Waals surface area contributed by atoms with E-state index in [1.165, 1.54) is 199 Å². The number of aromatic nitrogens is 3. The van der Waals surface area contributed by atoms with Crippen molar-refractivity contribution in [2.75, 3.05) is 0 Å². The van der Waals surface area contributed by atoms with E-state index in [-0.39, 0.29) is 0 Å². The number of para-hydroxylation sites is 6. The summed E-state index contributed by atoms with van der Waals surface area (Å²) in [5, 5.41) is 21.9. The van der Waals surface area contributed by atoms with Crippen molar-refractivity contribution >= 4 is 226 Å². The Morgan fingerprint density at radius 3 is 0.993 bits per heavy atom. The lowest BCUT2D eigenvalue weighted by Crippen LogP contribution is -1.92. The summed E-state index contributed by atoms with van der Waals surface area (Å²) in [7, 11) is 0. The van der Waals surface area contributed by atoms with E-state index in [0.29, 0.717) is 0 Å². The molecule has 0 aliphatic heterocycles. The van der Waals surface area contributed by atoms with Crippen LogP contribution in [0.25, 0.3) is 276 Å². The Bertz CT molecular complexity index is 10100. The van der Waals surface area contributed by atoms with E-state index in [1.54, 1.807) is 0 Å². The lowest BCUT2D eigenvalue weighted by atomic mass is 9.91. The molecule has 0 bridgehead atoms. The summed E-state index contributed by atoms with van der Waals surface area (Å²) in [5.41, 5.74) is 31.1. The minimum atomic E-state index is 0.914. The van der Waals surface area contributed by atoms with Crippen LogP contribution in [0.4, 0.5) is 0 Å². The summed E-state index contributed by atoms with van der Waals surface area (Å²) in [4.78, 5) is 0. The fourth-order valence-corrected chi connectivity index (χ4v) is 25.3. The van der Waals surface area contributed by atoms with Crippen LogP contribution in [0.5, 0.6) is 0 Å². The second-order valence-corrected chi connectivity index (χ2v) is 38.3. The molecule has 0 fully saturated rings. The zero-order valence-electron chi connectivity index (χ0n) is 72.6. The Morgan fingerprint density at radius 1 is 0.170 bits per heavy atom. The largest absolute Gasteiger partial charge is 0.456 e. The van der Waals surface area contributed by atoms with Gasteiger partial charge in [-0.15, -0.1) is 34.0 Å². The first-order valence-corrected chi connectivity index (χ1v) is 48.2. The van der Waals surface area contributed by atoms with Gasteiger partial charge in [0.05, 0.1) is 47.2 Å². The molecule has 0 saturated carbocycles. The maximum Gasteiger partial charge on any atom is 0.143 e. The standard InChI is InChI=1S/3C42H25NOS/c1-2-12-28(13-3-1)43-36-19-9-8-17-33(36)42-40(43)34-23-22-27(25-38(34)45-42)29-14-6-7-16-31(29)32-18-10-20-37-39(32)35-24-21-26-11-4-5-15-30(26)41(35)44-37;1-2-12-30(13-3-1)43-37-17-9-8-16-34(37)42-41(43)35-21-19-29(25-40(35)45-42)32-15-7-6-14-31(32)28-18-20-33-36-22-26-10-4-5-11-27(26)23-39(36)44-38(33)24-28;1-2-11-29(12-3-1)43-36-17-9-8-16-33(36)42-41(43)35-22-19-28(25-39(35)45-42)31-14-7-6-13-30(31)27-18-21-34-38(24-27)44-37-23-20-26-10-4-5-15-32(26)40(34)37/h3*1-25H. The molecule has 135 heavy (non-hydrogen) atoms. The van der Waals surface area contributed by atoms with Crippen LogP contribution in [0, 0.1) is 0 Å². The minimum Gasteiger partial charge on any atom is -0.456 e. The number of thiophene rings is 3. The quantitative estimate of drug-likeness (QED) is 0.145. The highest BCUT2D eigenvalue weighted by Gasteiger charge is 2.26. The molecule has 0 amide bonds. The average molecular weight is 1780 g/mol. The molecule has 0 spiro atoms. The molecule has 0 aliphatic rings. The number of furan rings is 3. The molecule has 0 N–H and O–H groups in total. The van der Waals surface area contributed by atoms with Crippen molar-refractivity contribution in [3.8, 4) is 83.8 Å². The van der Waals surface area contributed by atoms with Gasteiger partial charge in [-0.25, -0.2) is 0 Å². The summed E-state index contributed by atoms with van der Waals surface area (Å²) in [5.74, 6) is 0. The highest BCUT2D eigenvalue weighted by Crippen LogP contribution is 2.52. The van der Waals surface area contributed by atoms with Gasteiger partial charge in [-0.2, -0.15) is 0 Å². The Kier molecular flexibility index (Phi) is 17.6. The summed E-state index contributed by atoms with van der Waals surface area (Å²) in [6.45, 7) is 0. The maximum atomic E-state index is 6.54. The number of rotatable bonds is 9. The molecule has 21 aromatic carbocycles. The first kappa shape index (κ1) is 76.9. The third kappa shape index (κ3) is 12.3. The SMILES string of the molecule is c1ccc(-n2c3ccccc3c3sc4cc(-c5ccccc5-c5ccc6c(c5)oc5cc7ccccc7cc56)ccc4c32)cc1.c1ccc(-n2c3ccccc3c3sc4cc(-c5ccccc5-c5ccc6c(c5)oc5ccc7ccccc7c56)ccc4c32)cc1.c1ccc(-n2c3ccccc3c3sc4cc(-c5ccccc5-c5cccc6oc7c8ccccc8ccc7c56)ccc4c32)cc1. The summed E-state index contributed by atoms with van der Waals surface area (Å²) < 4.78 is 34.5. The van der Waals surface area contributed by atoms with Crippen molar-refractivity contribution in [3.05, 3.63) is 455 Å². The van der Waals surface area contributed by atoms with Crippen molar-refractivity contribution in [1.82, 2.24) is 13.7 Å². The van der Waals surface area contributed by atoms with Crippen molar-refractivity contribution in [1.29, 1.82) is 0 Å². The minimum absolute atomic E-state index is 0.914. The molecule has 0 atom stereocenters. The molecule has 30 rings (SSSR count). The molecule has 0 saturated heterocycles. The van der Waals surface area contributed by atoms with E-state index in [4.69, 9.17) is 13.3 Å². The molecule has 9 heterocycles. The van der Waals surface area contributed by atoms with Crippen molar-refractivity contribution in [3.63, 3.8) is 0 Å². The molecule has 0 aliphatic carbocycles. The zero-order chi connectivity index (χ0) is 88.5. The molecule has 9 aromatic heterocycles. The Balaban J connectivity index is 0.000000101. The van der Waals surface area contributed by atoms with Crippen LogP contribution >= 0.6 is 34.0 Å². The predicted molar refractivity (Wildman–Crippen MR) is 575 cm³/mol. The molecule has 630 valence electrons. The number of hydrogen-bond acceptors (Lipinski definition) is 6. The van der Waals surface area contributed by atoms with Crippen LogP contribution in [0.1, 0.15) is 0 Å². The second kappa shape index (κ2) is 30.9.